The smallest absolute Gasteiger partial charge is 0.246 e. The Morgan fingerprint density at radius 1 is 0.581 bits per heavy atom. The monoisotopic (exact) mass is 1470 g/mol. The predicted molar refractivity (Wildman–Crippen MR) is 372 cm³/mol. The summed E-state index contributed by atoms with van der Waals surface area (Å²) in [5.41, 5.74) is 18.6. The van der Waals surface area contributed by atoms with Crippen LogP contribution in [-0.2, 0) is 99.2 Å². The number of carbonyl (C=O) groups excluding carboxylic acids is 12. The zero-order valence-corrected chi connectivity index (χ0v) is 59.0. The molecule has 3 aliphatic heterocycles. The minimum atomic E-state index is -1.99. The number of ether oxygens (including phenoxy) is 2. The van der Waals surface area contributed by atoms with Gasteiger partial charge in [-0.3, -0.25) is 57.5 Å². The third kappa shape index (κ3) is 24.5. The minimum Gasteiger partial charge on any atom is -0.508 e. The summed E-state index contributed by atoms with van der Waals surface area (Å²) in [7, 11) is 0. The summed E-state index contributed by atoms with van der Waals surface area (Å²) in [6.45, 7) is 5.69. The van der Waals surface area contributed by atoms with Crippen molar-refractivity contribution in [2.45, 2.75) is 202 Å². The first-order valence-electron chi connectivity index (χ1n) is 35.0. The van der Waals surface area contributed by atoms with Crippen molar-refractivity contribution in [3.05, 3.63) is 114 Å². The van der Waals surface area contributed by atoms with Crippen LogP contribution in [0.5, 0.6) is 5.75 Å². The van der Waals surface area contributed by atoms with E-state index in [4.69, 9.17) is 26.7 Å². The standard InChI is InChI=1S/C70H98N16O19/c1-37(2)29-46-62(96)81-51(32-40-15-9-6-10-16-40)69(103)86-26-12-18-52(86)67(101)80-47(30-39-13-7-5-8-14-39)63(97)78-49(33-42-35-85(84-83-42)27-28-104-70-59(93)58(92)57(91)53(36-87)105-70)64(98)79-50(34-55(73)90)65(99)74-45(23-24-54(72)89)61(95)77-48(31-41-19-21-43(88)22-20-41)66(100)82-56(38(3)4)68(102)75-44(17-11-25-71)60(94)76-46/h5-10,13-16,19-22,35,37-38,44-53,56-59,70,87-88,91-93H,11-12,17-18,23-34,36,71H2,1-4H3,(H2,72,89)(H2,73,90)(H,74,99)(H,75,102)(H,76,94)(H,77,95)(H,78,97)(H,79,98)(H,80,101)(H,81,96)(H,82,100)/t44-,45-,46-,47-,48-,49+,50-,51+,52-,53+,56-,57-,58-,59+,70+/m0/s1. The fourth-order valence-corrected chi connectivity index (χ4v) is 12.3. The average molecular weight is 1470 g/mol. The van der Waals surface area contributed by atoms with Gasteiger partial charge in [-0.2, -0.15) is 0 Å². The number of aliphatic hydroxyl groups is 4. The van der Waals surface area contributed by atoms with E-state index in [9.17, 15) is 63.9 Å². The average Bonchev–Trinajstić information content (AvgIpc) is 1.59. The third-order valence-corrected chi connectivity index (χ3v) is 18.0. The number of fused-ring (bicyclic) bond motifs is 1. The van der Waals surface area contributed by atoms with Crippen molar-refractivity contribution < 1.29 is 92.5 Å². The Hall–Kier alpha value is -10.0. The highest BCUT2D eigenvalue weighted by Crippen LogP contribution is 2.24. The van der Waals surface area contributed by atoms with Gasteiger partial charge in [0.15, 0.2) is 6.29 Å². The molecule has 3 aromatic carbocycles. The number of aromatic nitrogens is 3. The number of nitrogens with zero attached hydrogens (tertiary/aromatic N) is 4. The lowest BCUT2D eigenvalue weighted by atomic mass is 9.99. The van der Waals surface area contributed by atoms with E-state index >= 15 is 19.2 Å². The van der Waals surface area contributed by atoms with Crippen molar-refractivity contribution in [3.8, 4) is 5.75 Å². The Kier molecular flexibility index (Phi) is 31.1. The van der Waals surface area contributed by atoms with Crippen molar-refractivity contribution in [2.75, 3.05) is 26.3 Å². The van der Waals surface area contributed by atoms with Crippen LogP contribution >= 0.6 is 0 Å². The fourth-order valence-electron chi connectivity index (χ4n) is 12.3. The quantitative estimate of drug-likeness (QED) is 0.0312. The molecule has 0 radical (unpaired) electrons. The van der Waals surface area contributed by atoms with Gasteiger partial charge in [0, 0.05) is 44.8 Å². The lowest BCUT2D eigenvalue weighted by Crippen LogP contribution is -2.62. The number of aromatic hydroxyl groups is 1. The Bertz CT molecular complexity index is 3630. The summed E-state index contributed by atoms with van der Waals surface area (Å²) in [4.78, 5) is 176. The summed E-state index contributed by atoms with van der Waals surface area (Å²) >= 11 is 0. The maximum atomic E-state index is 15.3. The van der Waals surface area contributed by atoms with Crippen LogP contribution in [0.4, 0.5) is 0 Å². The van der Waals surface area contributed by atoms with Gasteiger partial charge in [0.2, 0.25) is 70.9 Å². The number of carbonyl (C=O) groups is 12. The van der Waals surface area contributed by atoms with Crippen LogP contribution in [0, 0.1) is 11.8 Å². The molecule has 12 amide bonds. The first-order chi connectivity index (χ1) is 50.0. The van der Waals surface area contributed by atoms with Crippen molar-refractivity contribution in [1.29, 1.82) is 0 Å². The van der Waals surface area contributed by atoms with Gasteiger partial charge in [-0.15, -0.1) is 5.10 Å². The van der Waals surface area contributed by atoms with E-state index in [1.54, 1.807) is 88.4 Å². The number of aliphatic hydroxyl groups excluding tert-OH is 4. The molecule has 35 heteroatoms. The van der Waals surface area contributed by atoms with E-state index < -0.39 is 200 Å². The zero-order valence-electron chi connectivity index (χ0n) is 59.0. The van der Waals surface area contributed by atoms with E-state index in [1.165, 1.54) is 40.0 Å². The van der Waals surface area contributed by atoms with Gasteiger partial charge in [-0.1, -0.05) is 106 Å². The number of phenols is 1. The molecule has 3 saturated heterocycles. The SMILES string of the molecule is CC(C)C[C@@H]1NC(=O)[C@H](CCCN)NC(=O)[C@H](C(C)C)NC(=O)[C@H](Cc2ccc(O)cc2)NC(=O)[C@H](CCC(N)=O)NC(=O)[C@H](CC(N)=O)NC(=O)[C@@H](Cc2cn(CCO[C@@H]3O[C@H](CO)[C@H](O)[C@H](O)[C@H]3O)nn2)NC(=O)[C@H](Cc2ccccc2)NC(=O)[C@@H]2CCCN2C(=O)[C@@H](Cc2ccccc2)NC1=O. The maximum absolute atomic E-state index is 15.3. The van der Waals surface area contributed by atoms with Gasteiger partial charge >= 0.3 is 0 Å². The highest BCUT2D eigenvalue weighted by molar-refractivity contribution is 6.01. The van der Waals surface area contributed by atoms with Gasteiger partial charge in [0.1, 0.15) is 90.6 Å². The van der Waals surface area contributed by atoms with Gasteiger partial charge in [0.05, 0.1) is 31.9 Å². The highest BCUT2D eigenvalue weighted by Gasteiger charge is 2.45. The van der Waals surface area contributed by atoms with E-state index in [0.717, 1.165) is 0 Å². The lowest BCUT2D eigenvalue weighted by Gasteiger charge is -2.39. The Balaban J connectivity index is 1.31. The molecule has 0 spiro atoms. The molecule has 4 heterocycles. The first-order valence-corrected chi connectivity index (χ1v) is 35.0. The number of hydrogen-bond donors (Lipinski definition) is 17. The normalized spacial score (nSPS) is 26.9. The van der Waals surface area contributed by atoms with Crippen molar-refractivity contribution in [3.63, 3.8) is 0 Å². The van der Waals surface area contributed by atoms with Crippen LogP contribution in [-0.4, -0.2) is 234 Å². The highest BCUT2D eigenvalue weighted by atomic mass is 16.7. The van der Waals surface area contributed by atoms with Crippen LogP contribution in [0.2, 0.25) is 0 Å². The second-order valence-electron chi connectivity index (χ2n) is 27.1. The molecular formula is C70H98N16O19. The first kappa shape index (κ1) is 82.2. The number of nitrogens with one attached hydrogen (secondary N) is 9. The largest absolute Gasteiger partial charge is 0.508 e. The molecule has 572 valence electrons. The van der Waals surface area contributed by atoms with E-state index in [-0.39, 0.29) is 95.0 Å². The summed E-state index contributed by atoms with van der Waals surface area (Å²) < 4.78 is 12.3. The topological polar surface area (TPSA) is 545 Å². The number of rotatable bonds is 24. The Labute approximate surface area is 605 Å². The number of amides is 12. The van der Waals surface area contributed by atoms with Gasteiger partial charge < -0.3 is 105 Å². The number of phenolic OH excluding ortho intramolecular Hbond substituents is 1. The predicted octanol–water partition coefficient (Wildman–Crippen LogP) is -4.98. The minimum absolute atomic E-state index is 0.0125. The maximum Gasteiger partial charge on any atom is 0.246 e. The van der Waals surface area contributed by atoms with Crippen LogP contribution in [0.15, 0.2) is 91.1 Å². The summed E-state index contributed by atoms with van der Waals surface area (Å²) in [5, 5.41) is 83.1. The zero-order chi connectivity index (χ0) is 76.6. The molecule has 105 heavy (non-hydrogen) atoms. The summed E-state index contributed by atoms with van der Waals surface area (Å²) in [5.74, 6) is -12.8. The molecule has 3 aliphatic rings. The van der Waals surface area contributed by atoms with Crippen molar-refractivity contribution in [1.82, 2.24) is 67.7 Å². The molecule has 0 aliphatic carbocycles. The van der Waals surface area contributed by atoms with Crippen LogP contribution < -0.4 is 65.1 Å². The van der Waals surface area contributed by atoms with Gasteiger partial charge in [0.25, 0.3) is 0 Å². The summed E-state index contributed by atoms with van der Waals surface area (Å²) in [6.07, 6.45) is -9.44. The fraction of sp³-hybridized carbons (Fsp3) is 0.543. The number of hydrogen-bond acceptors (Lipinski definition) is 22. The molecule has 7 rings (SSSR count). The molecule has 0 unspecified atom stereocenters. The molecular weight excluding hydrogens is 1370 g/mol. The third-order valence-electron chi connectivity index (χ3n) is 18.0. The van der Waals surface area contributed by atoms with E-state index in [1.807, 2.05) is 0 Å². The van der Waals surface area contributed by atoms with Crippen LogP contribution in [0.1, 0.15) is 101 Å². The molecule has 15 atom stereocenters. The molecule has 3 fully saturated rings. The molecule has 0 bridgehead atoms. The number of primary amides is 2. The lowest BCUT2D eigenvalue weighted by molar-refractivity contribution is -0.301. The second-order valence-corrected chi connectivity index (χ2v) is 27.1. The Morgan fingerprint density at radius 3 is 1.65 bits per heavy atom. The second kappa shape index (κ2) is 39.7. The van der Waals surface area contributed by atoms with Crippen molar-refractivity contribution in [2.24, 2.45) is 29.0 Å². The molecule has 1 aromatic heterocycles. The van der Waals surface area contributed by atoms with Crippen LogP contribution in [0.3, 0.4) is 0 Å². The number of benzene rings is 3. The Morgan fingerprint density at radius 2 is 1.08 bits per heavy atom. The molecule has 4 aromatic rings. The molecule has 0 saturated carbocycles. The molecule has 35 nitrogen and oxygen atoms in total. The van der Waals surface area contributed by atoms with E-state index in [0.29, 0.717) is 16.7 Å². The number of nitrogens with two attached hydrogens (primary N) is 3. The summed E-state index contributed by atoms with van der Waals surface area (Å²) in [6, 6.07) is 6.94. The van der Waals surface area contributed by atoms with Crippen LogP contribution in [0.25, 0.3) is 0 Å². The van der Waals surface area contributed by atoms with E-state index in [2.05, 4.69) is 58.2 Å². The van der Waals surface area contributed by atoms with Gasteiger partial charge in [-0.25, -0.2) is 4.68 Å². The van der Waals surface area contributed by atoms with Gasteiger partial charge in [-0.05, 0) is 85.7 Å². The molecule has 20 N–H and O–H groups in total. The van der Waals surface area contributed by atoms with Crippen molar-refractivity contribution >= 4 is 70.9 Å².